The Morgan fingerprint density at radius 1 is 1.00 bits per heavy atom. The number of hydrogen-bond acceptors (Lipinski definition) is 8. The molecule has 13 heteroatoms. The number of hydrogen-bond donors (Lipinski definition) is 2. The van der Waals surface area contributed by atoms with Gasteiger partial charge in [0.2, 0.25) is 10.0 Å². The number of primary sulfonamides is 1. The number of rotatable bonds is 6. The first-order valence-electron chi connectivity index (χ1n) is 11.3. The Balaban J connectivity index is 1.57. The van der Waals surface area contributed by atoms with Gasteiger partial charge in [0.25, 0.3) is 11.4 Å². The number of nitrogens with two attached hydrogens (primary N) is 1. The van der Waals surface area contributed by atoms with E-state index in [-0.39, 0.29) is 39.4 Å². The number of halogens is 1. The van der Waals surface area contributed by atoms with Gasteiger partial charge in [0, 0.05) is 35.1 Å². The minimum atomic E-state index is -3.95. The van der Waals surface area contributed by atoms with E-state index in [1.165, 1.54) is 42.1 Å². The molecule has 0 amide bonds. The number of nitrogens with one attached hydrogen (secondary N) is 1. The van der Waals surface area contributed by atoms with E-state index in [1.54, 1.807) is 36.4 Å². The first-order chi connectivity index (χ1) is 17.5. The van der Waals surface area contributed by atoms with Gasteiger partial charge >= 0.3 is 0 Å². The van der Waals surface area contributed by atoms with Crippen molar-refractivity contribution in [2.75, 3.05) is 5.32 Å². The average Bonchev–Trinajstić information content (AvgIpc) is 3.19. The largest absolute Gasteiger partial charge is 0.378 e. The maximum absolute atomic E-state index is 12.1. The van der Waals surface area contributed by atoms with Gasteiger partial charge in [-0.05, 0) is 47.7 Å². The quantitative estimate of drug-likeness (QED) is 0.237. The standard InChI is InChI=1S/C24H21ClN4O6S2/c25-23-21(36-20-4-2-1-3-19(20)29(32)33)12-17-22(23)16-11-15(37(26,34)35)9-10-18(16)27-24(17)13-5-7-14(8-6-13)28(30)31/h1-11,17,21-24,27H,12H2,(H2,26,34,35)/t17-,21-,22-,23+,24-/m0/s1. The first-order valence-corrected chi connectivity index (χ1v) is 14.1. The Bertz CT molecular complexity index is 1500. The molecule has 1 saturated carbocycles. The van der Waals surface area contributed by atoms with Crippen LogP contribution in [0.5, 0.6) is 0 Å². The molecular formula is C24H21ClN4O6S2. The summed E-state index contributed by atoms with van der Waals surface area (Å²) in [4.78, 5) is 22.3. The molecule has 0 unspecified atom stereocenters. The zero-order valence-corrected chi connectivity index (χ0v) is 21.4. The summed E-state index contributed by atoms with van der Waals surface area (Å²) in [6.07, 6.45) is 0.573. The van der Waals surface area contributed by atoms with Crippen LogP contribution >= 0.6 is 23.4 Å². The summed E-state index contributed by atoms with van der Waals surface area (Å²) in [6, 6.07) is 17.1. The van der Waals surface area contributed by atoms with Crippen molar-refractivity contribution in [2.24, 2.45) is 11.1 Å². The van der Waals surface area contributed by atoms with Crippen LogP contribution in [0.25, 0.3) is 0 Å². The molecule has 5 atom stereocenters. The zero-order valence-electron chi connectivity index (χ0n) is 19.1. The molecule has 3 N–H and O–H groups in total. The van der Waals surface area contributed by atoms with E-state index in [0.29, 0.717) is 22.6 Å². The molecule has 192 valence electrons. The molecule has 10 nitrogen and oxygen atoms in total. The summed E-state index contributed by atoms with van der Waals surface area (Å²) in [6.45, 7) is 0. The highest BCUT2D eigenvalue weighted by molar-refractivity contribution is 8.00. The van der Waals surface area contributed by atoms with Gasteiger partial charge in [-0.15, -0.1) is 23.4 Å². The Morgan fingerprint density at radius 2 is 1.70 bits per heavy atom. The topological polar surface area (TPSA) is 158 Å². The summed E-state index contributed by atoms with van der Waals surface area (Å²) >= 11 is 8.39. The maximum Gasteiger partial charge on any atom is 0.282 e. The van der Waals surface area contributed by atoms with Crippen LogP contribution in [0.1, 0.15) is 29.5 Å². The highest BCUT2D eigenvalue weighted by Crippen LogP contribution is 2.58. The van der Waals surface area contributed by atoms with E-state index in [1.807, 2.05) is 0 Å². The number of anilines is 1. The molecular weight excluding hydrogens is 540 g/mol. The van der Waals surface area contributed by atoms with Gasteiger partial charge in [-0.3, -0.25) is 20.2 Å². The van der Waals surface area contributed by atoms with Crippen LogP contribution in [0.4, 0.5) is 17.1 Å². The zero-order chi connectivity index (χ0) is 26.5. The number of para-hydroxylation sites is 1. The molecule has 0 saturated heterocycles. The van der Waals surface area contributed by atoms with Gasteiger partial charge < -0.3 is 5.32 Å². The molecule has 3 aromatic carbocycles. The first kappa shape index (κ1) is 25.5. The van der Waals surface area contributed by atoms with Crippen molar-refractivity contribution in [3.8, 4) is 0 Å². The van der Waals surface area contributed by atoms with Crippen LogP contribution in [0.2, 0.25) is 0 Å². The number of alkyl halides is 1. The Hall–Kier alpha value is -3.19. The van der Waals surface area contributed by atoms with Gasteiger partial charge in [-0.2, -0.15) is 0 Å². The Labute approximate surface area is 221 Å². The summed E-state index contributed by atoms with van der Waals surface area (Å²) in [5, 5.41) is 30.9. The fraction of sp³-hybridized carbons (Fsp3) is 0.250. The molecule has 1 aliphatic heterocycles. The van der Waals surface area contributed by atoms with Crippen molar-refractivity contribution in [1.29, 1.82) is 0 Å². The smallest absolute Gasteiger partial charge is 0.282 e. The van der Waals surface area contributed by atoms with Gasteiger partial charge in [-0.1, -0.05) is 24.3 Å². The Morgan fingerprint density at radius 3 is 2.35 bits per heavy atom. The SMILES string of the molecule is NS(=O)(=O)c1ccc2c(c1)[C@@H]1[C@H](Cl)[C@@H](Sc3ccccc3[N+](=O)[O-])C[C@@H]1[C@H](c1ccc([N+](=O)[O-])cc1)N2. The average molecular weight is 561 g/mol. The predicted octanol–water partition coefficient (Wildman–Crippen LogP) is 5.19. The lowest BCUT2D eigenvalue weighted by atomic mass is 9.77. The number of benzene rings is 3. The molecule has 3 aromatic rings. The van der Waals surface area contributed by atoms with Crippen LogP contribution in [0.3, 0.4) is 0 Å². The van der Waals surface area contributed by atoms with E-state index in [0.717, 1.165) is 5.56 Å². The lowest BCUT2D eigenvalue weighted by Gasteiger charge is -2.38. The lowest BCUT2D eigenvalue weighted by Crippen LogP contribution is -2.31. The van der Waals surface area contributed by atoms with E-state index in [2.05, 4.69) is 5.32 Å². The second-order valence-electron chi connectivity index (χ2n) is 9.02. The van der Waals surface area contributed by atoms with E-state index in [4.69, 9.17) is 16.7 Å². The predicted molar refractivity (Wildman–Crippen MR) is 141 cm³/mol. The van der Waals surface area contributed by atoms with Crippen LogP contribution in [-0.4, -0.2) is 28.9 Å². The van der Waals surface area contributed by atoms with Crippen molar-refractivity contribution in [3.05, 3.63) is 98.1 Å². The van der Waals surface area contributed by atoms with Gasteiger partial charge in [0.1, 0.15) is 0 Å². The van der Waals surface area contributed by atoms with Crippen LogP contribution in [-0.2, 0) is 10.0 Å². The van der Waals surface area contributed by atoms with Crippen molar-refractivity contribution in [1.82, 2.24) is 0 Å². The number of thioether (sulfide) groups is 1. The van der Waals surface area contributed by atoms with Crippen molar-refractivity contribution in [2.45, 2.75) is 38.8 Å². The molecule has 0 radical (unpaired) electrons. The molecule has 37 heavy (non-hydrogen) atoms. The summed E-state index contributed by atoms with van der Waals surface area (Å²) in [5.74, 6) is -0.410. The molecule has 1 heterocycles. The highest BCUT2D eigenvalue weighted by atomic mass is 35.5. The molecule has 1 fully saturated rings. The van der Waals surface area contributed by atoms with Crippen LogP contribution in [0, 0.1) is 26.1 Å². The number of sulfonamides is 1. The van der Waals surface area contributed by atoms with E-state index in [9.17, 15) is 28.6 Å². The number of nitrogens with zero attached hydrogens (tertiary/aromatic N) is 2. The number of fused-ring (bicyclic) bond motifs is 3. The summed E-state index contributed by atoms with van der Waals surface area (Å²) in [7, 11) is -3.95. The van der Waals surface area contributed by atoms with Crippen molar-refractivity contribution in [3.63, 3.8) is 0 Å². The molecule has 0 aromatic heterocycles. The third-order valence-electron chi connectivity index (χ3n) is 6.92. The molecule has 0 spiro atoms. The third-order valence-corrected chi connectivity index (χ3v) is 9.94. The summed E-state index contributed by atoms with van der Waals surface area (Å²) < 4.78 is 24.1. The molecule has 2 aliphatic rings. The molecule has 1 aliphatic carbocycles. The van der Waals surface area contributed by atoms with Gasteiger partial charge in [-0.25, -0.2) is 13.6 Å². The minimum absolute atomic E-state index is 0.00630. The fourth-order valence-electron chi connectivity index (χ4n) is 5.28. The fourth-order valence-corrected chi connectivity index (χ4v) is 7.77. The minimum Gasteiger partial charge on any atom is -0.378 e. The highest BCUT2D eigenvalue weighted by Gasteiger charge is 2.50. The van der Waals surface area contributed by atoms with E-state index >= 15 is 0 Å². The van der Waals surface area contributed by atoms with Crippen LogP contribution in [0.15, 0.2) is 76.5 Å². The van der Waals surface area contributed by atoms with Gasteiger partial charge in [0.05, 0.1) is 31.1 Å². The normalized spacial score (nSPS) is 24.5. The second kappa shape index (κ2) is 9.60. The second-order valence-corrected chi connectivity index (χ2v) is 12.4. The maximum atomic E-state index is 12.1. The lowest BCUT2D eigenvalue weighted by molar-refractivity contribution is -0.387. The third kappa shape index (κ3) is 4.77. The summed E-state index contributed by atoms with van der Waals surface area (Å²) in [5.41, 5.74) is 2.19. The monoisotopic (exact) mass is 560 g/mol. The molecule has 5 rings (SSSR count). The van der Waals surface area contributed by atoms with Gasteiger partial charge in [0.15, 0.2) is 0 Å². The van der Waals surface area contributed by atoms with E-state index < -0.39 is 25.2 Å². The number of nitro groups is 2. The Kier molecular flexibility index (Phi) is 6.61. The van der Waals surface area contributed by atoms with Crippen molar-refractivity contribution < 1.29 is 18.3 Å². The number of nitro benzene ring substituents is 2. The molecule has 0 bridgehead atoms. The van der Waals surface area contributed by atoms with Crippen LogP contribution < -0.4 is 10.5 Å². The number of non-ortho nitro benzene ring substituents is 1. The van der Waals surface area contributed by atoms with Crippen molar-refractivity contribution >= 4 is 50.4 Å².